The number of nitrogens with one attached hydrogen (secondary N) is 2. The van der Waals surface area contributed by atoms with Gasteiger partial charge in [0.2, 0.25) is 11.8 Å². The van der Waals surface area contributed by atoms with Gasteiger partial charge in [-0.1, -0.05) is 0 Å². The topological polar surface area (TPSA) is 75.7 Å². The third-order valence-corrected chi connectivity index (χ3v) is 2.36. The highest BCUT2D eigenvalue weighted by molar-refractivity contribution is 5.30. The van der Waals surface area contributed by atoms with Gasteiger partial charge in [0.1, 0.15) is 0 Å². The number of aromatic amines is 1. The summed E-state index contributed by atoms with van der Waals surface area (Å²) in [6.45, 7) is 5.20. The van der Waals surface area contributed by atoms with E-state index >= 15 is 0 Å². The maximum atomic E-state index is 5.37. The number of aromatic nitrogens is 4. The number of imidazole rings is 1. The average molecular weight is 247 g/mol. The van der Waals surface area contributed by atoms with Gasteiger partial charge in [-0.3, -0.25) is 0 Å². The second kappa shape index (κ2) is 6.00. The summed E-state index contributed by atoms with van der Waals surface area (Å²) in [7, 11) is 0. The molecule has 2 aromatic rings. The van der Waals surface area contributed by atoms with Crippen LogP contribution in [0.2, 0.25) is 0 Å². The molecule has 0 saturated heterocycles. The summed E-state index contributed by atoms with van der Waals surface area (Å²) >= 11 is 0. The Balaban J connectivity index is 1.92. The first-order valence-corrected chi connectivity index (χ1v) is 5.97. The zero-order chi connectivity index (χ0) is 12.8. The molecule has 96 valence electrons. The predicted molar refractivity (Wildman–Crippen MR) is 68.7 cm³/mol. The van der Waals surface area contributed by atoms with Crippen LogP contribution in [0.25, 0.3) is 0 Å². The lowest BCUT2D eigenvalue weighted by Gasteiger charge is -2.07. The van der Waals surface area contributed by atoms with Crippen molar-refractivity contribution in [3.05, 3.63) is 30.0 Å². The van der Waals surface area contributed by atoms with Crippen LogP contribution in [0.1, 0.15) is 18.3 Å². The van der Waals surface area contributed by atoms with Crippen molar-refractivity contribution in [2.75, 3.05) is 18.5 Å². The van der Waals surface area contributed by atoms with Crippen LogP contribution in [0, 0.1) is 6.92 Å². The van der Waals surface area contributed by atoms with Crippen LogP contribution in [0.3, 0.4) is 0 Å². The third kappa shape index (κ3) is 3.44. The van der Waals surface area contributed by atoms with Crippen LogP contribution in [0.15, 0.2) is 18.6 Å². The van der Waals surface area contributed by atoms with Crippen molar-refractivity contribution in [1.82, 2.24) is 19.9 Å². The van der Waals surface area contributed by atoms with E-state index in [2.05, 4.69) is 25.3 Å². The quantitative estimate of drug-likeness (QED) is 0.810. The first kappa shape index (κ1) is 12.3. The van der Waals surface area contributed by atoms with Gasteiger partial charge < -0.3 is 15.0 Å². The molecule has 0 fully saturated rings. The fourth-order valence-corrected chi connectivity index (χ4v) is 1.57. The number of nitrogens with zero attached hydrogens (tertiary/aromatic N) is 3. The number of ether oxygens (including phenoxy) is 1. The number of rotatable bonds is 6. The first-order valence-electron chi connectivity index (χ1n) is 5.97. The minimum absolute atomic E-state index is 0.595. The van der Waals surface area contributed by atoms with Crippen molar-refractivity contribution in [2.24, 2.45) is 0 Å². The van der Waals surface area contributed by atoms with Crippen molar-refractivity contribution in [1.29, 1.82) is 0 Å². The number of H-pyrrole nitrogens is 1. The van der Waals surface area contributed by atoms with Gasteiger partial charge in [-0.05, 0) is 13.8 Å². The Bertz CT molecular complexity index is 483. The minimum atomic E-state index is 0.595. The molecule has 6 nitrogen and oxygen atoms in total. The Kier molecular flexibility index (Phi) is 4.11. The Hall–Kier alpha value is -2.11. The van der Waals surface area contributed by atoms with E-state index in [0.717, 1.165) is 24.4 Å². The highest BCUT2D eigenvalue weighted by Crippen LogP contribution is 2.11. The molecule has 2 N–H and O–H groups in total. The van der Waals surface area contributed by atoms with Crippen molar-refractivity contribution in [3.63, 3.8) is 0 Å². The number of anilines is 1. The third-order valence-electron chi connectivity index (χ3n) is 2.36. The summed E-state index contributed by atoms with van der Waals surface area (Å²) < 4.78 is 5.37. The monoisotopic (exact) mass is 247 g/mol. The molecule has 6 heteroatoms. The van der Waals surface area contributed by atoms with Crippen LogP contribution in [-0.4, -0.2) is 33.1 Å². The van der Waals surface area contributed by atoms with Crippen LogP contribution in [0.4, 0.5) is 5.95 Å². The summed E-state index contributed by atoms with van der Waals surface area (Å²) in [6, 6.07) is 1.82. The van der Waals surface area contributed by atoms with E-state index in [4.69, 9.17) is 4.74 Å². The number of hydrogen-bond acceptors (Lipinski definition) is 5. The lowest BCUT2D eigenvalue weighted by Crippen LogP contribution is -2.09. The van der Waals surface area contributed by atoms with Gasteiger partial charge >= 0.3 is 0 Å². The smallest absolute Gasteiger partial charge is 0.226 e. The lowest BCUT2D eigenvalue weighted by atomic mass is 10.3. The van der Waals surface area contributed by atoms with E-state index in [-0.39, 0.29) is 0 Å². The Morgan fingerprint density at radius 2 is 2.28 bits per heavy atom. The highest BCUT2D eigenvalue weighted by Gasteiger charge is 2.02. The average Bonchev–Trinajstić information content (AvgIpc) is 2.82. The van der Waals surface area contributed by atoms with Crippen molar-refractivity contribution >= 4 is 5.95 Å². The molecular formula is C12H17N5O. The Morgan fingerprint density at radius 3 is 3.00 bits per heavy atom. The molecule has 0 aliphatic carbocycles. The molecule has 0 spiro atoms. The molecular weight excluding hydrogens is 230 g/mol. The van der Waals surface area contributed by atoms with Gasteiger partial charge in [0.15, 0.2) is 0 Å². The van der Waals surface area contributed by atoms with E-state index in [1.165, 1.54) is 0 Å². The molecule has 0 unspecified atom stereocenters. The van der Waals surface area contributed by atoms with Gasteiger partial charge in [-0.2, -0.15) is 4.98 Å². The summed E-state index contributed by atoms with van der Waals surface area (Å²) in [5, 5.41) is 3.17. The van der Waals surface area contributed by atoms with Gasteiger partial charge in [0.05, 0.1) is 12.9 Å². The van der Waals surface area contributed by atoms with E-state index < -0.39 is 0 Å². The van der Waals surface area contributed by atoms with E-state index in [9.17, 15) is 0 Å². The molecule has 18 heavy (non-hydrogen) atoms. The maximum absolute atomic E-state index is 5.37. The molecule has 0 aromatic carbocycles. The van der Waals surface area contributed by atoms with Crippen molar-refractivity contribution in [2.45, 2.75) is 20.3 Å². The highest BCUT2D eigenvalue weighted by atomic mass is 16.5. The van der Waals surface area contributed by atoms with Gasteiger partial charge in [-0.25, -0.2) is 9.97 Å². The van der Waals surface area contributed by atoms with E-state index in [0.29, 0.717) is 18.4 Å². The molecule has 0 atom stereocenters. The summed E-state index contributed by atoms with van der Waals surface area (Å²) in [5.74, 6) is 1.20. The fraction of sp³-hybridized carbons (Fsp3) is 0.417. The number of hydrogen-bond donors (Lipinski definition) is 2. The first-order chi connectivity index (χ1) is 8.78. The van der Waals surface area contributed by atoms with Crippen molar-refractivity contribution in [3.8, 4) is 5.88 Å². The van der Waals surface area contributed by atoms with Crippen LogP contribution < -0.4 is 10.1 Å². The predicted octanol–water partition coefficient (Wildman–Crippen LogP) is 1.56. The number of aryl methyl sites for hydroxylation is 1. The molecule has 0 aliphatic heterocycles. The molecule has 0 aliphatic rings. The molecule has 0 saturated carbocycles. The molecule has 2 aromatic heterocycles. The normalized spacial score (nSPS) is 10.3. The SMILES string of the molecule is CCOc1cc(C)nc(NCCc2cnc[nH]2)n1. The van der Waals surface area contributed by atoms with Gasteiger partial charge in [-0.15, -0.1) is 0 Å². The summed E-state index contributed by atoms with van der Waals surface area (Å²) in [4.78, 5) is 15.6. The Labute approximate surface area is 106 Å². The molecule has 0 amide bonds. The zero-order valence-electron chi connectivity index (χ0n) is 10.6. The maximum Gasteiger partial charge on any atom is 0.226 e. The van der Waals surface area contributed by atoms with Gasteiger partial charge in [0.25, 0.3) is 0 Å². The largest absolute Gasteiger partial charge is 0.478 e. The van der Waals surface area contributed by atoms with Crippen LogP contribution in [0.5, 0.6) is 5.88 Å². The molecule has 2 heterocycles. The second-order valence-corrected chi connectivity index (χ2v) is 3.86. The van der Waals surface area contributed by atoms with Crippen molar-refractivity contribution < 1.29 is 4.74 Å². The van der Waals surface area contributed by atoms with E-state index in [1.807, 2.05) is 26.1 Å². The standard InChI is InChI=1S/C12H17N5O/c1-3-18-11-6-9(2)16-12(17-11)14-5-4-10-7-13-8-15-10/h6-8H,3-5H2,1-2H3,(H,13,15)(H,14,16,17). The fourth-order valence-electron chi connectivity index (χ4n) is 1.57. The molecule has 2 rings (SSSR count). The molecule has 0 bridgehead atoms. The second-order valence-electron chi connectivity index (χ2n) is 3.86. The Morgan fingerprint density at radius 1 is 1.39 bits per heavy atom. The zero-order valence-corrected chi connectivity index (χ0v) is 10.6. The van der Waals surface area contributed by atoms with Crippen LogP contribution in [-0.2, 0) is 6.42 Å². The lowest BCUT2D eigenvalue weighted by molar-refractivity contribution is 0.326. The summed E-state index contributed by atoms with van der Waals surface area (Å²) in [5.41, 5.74) is 1.97. The van der Waals surface area contributed by atoms with E-state index in [1.54, 1.807) is 6.33 Å². The minimum Gasteiger partial charge on any atom is -0.478 e. The van der Waals surface area contributed by atoms with Crippen LogP contribution >= 0.6 is 0 Å². The summed E-state index contributed by atoms with van der Waals surface area (Å²) in [6.07, 6.45) is 4.33. The molecule has 0 radical (unpaired) electrons. The van der Waals surface area contributed by atoms with Gasteiger partial charge in [0, 0.05) is 36.6 Å².